The summed E-state index contributed by atoms with van der Waals surface area (Å²) < 4.78 is 6.79. The summed E-state index contributed by atoms with van der Waals surface area (Å²) >= 11 is 2.20. The molecule has 3 nitrogen and oxygen atoms in total. The van der Waals surface area contributed by atoms with Gasteiger partial charge < -0.3 is 9.64 Å². The van der Waals surface area contributed by atoms with E-state index in [2.05, 4.69) is 27.6 Å². The first-order valence-electron chi connectivity index (χ1n) is 4.66. The van der Waals surface area contributed by atoms with Crippen LogP contribution in [0.3, 0.4) is 0 Å². The molecule has 4 heteroatoms. The van der Waals surface area contributed by atoms with Crippen LogP contribution >= 0.6 is 22.6 Å². The number of nitrogens with zero attached hydrogens (tertiary/aromatic N) is 2. The van der Waals surface area contributed by atoms with Gasteiger partial charge in [-0.1, -0.05) is 0 Å². The molecule has 1 heterocycles. The molecule has 76 valence electrons. The highest BCUT2D eigenvalue weighted by atomic mass is 127. The maximum atomic E-state index is 5.81. The highest BCUT2D eigenvalue weighted by Gasteiger charge is 2.25. The minimum Gasteiger partial charge on any atom is -0.488 e. The Bertz CT molecular complexity index is 337. The van der Waals surface area contributed by atoms with Crippen molar-refractivity contribution < 1.29 is 4.74 Å². The molecule has 1 saturated carbocycles. The van der Waals surface area contributed by atoms with Crippen LogP contribution < -0.4 is 9.64 Å². The van der Waals surface area contributed by atoms with Gasteiger partial charge in [0.25, 0.3) is 0 Å². The standard InChI is InChI=1S/C10H13IN2O/c1-13(2)8-6-12-10(11)5-9(8)14-7-3-4-7/h5-7H,3-4H2,1-2H3. The molecule has 0 bridgehead atoms. The average Bonchev–Trinajstić information content (AvgIpc) is 2.87. The Labute approximate surface area is 97.6 Å². The van der Waals surface area contributed by atoms with Gasteiger partial charge in [0.1, 0.15) is 9.45 Å². The molecular weight excluding hydrogens is 291 g/mol. The third-order valence-electron chi connectivity index (χ3n) is 2.11. The lowest BCUT2D eigenvalue weighted by Crippen LogP contribution is -2.12. The van der Waals surface area contributed by atoms with Crippen LogP contribution in [-0.4, -0.2) is 25.2 Å². The number of hydrogen-bond acceptors (Lipinski definition) is 3. The van der Waals surface area contributed by atoms with Crippen molar-refractivity contribution >= 4 is 28.3 Å². The van der Waals surface area contributed by atoms with Crippen LogP contribution in [0.4, 0.5) is 5.69 Å². The van der Waals surface area contributed by atoms with Gasteiger partial charge in [-0.25, -0.2) is 4.98 Å². The second kappa shape index (κ2) is 3.92. The number of halogens is 1. The van der Waals surface area contributed by atoms with Crippen LogP contribution in [0.25, 0.3) is 0 Å². The number of anilines is 1. The molecule has 1 fully saturated rings. The third-order valence-corrected chi connectivity index (χ3v) is 2.70. The summed E-state index contributed by atoms with van der Waals surface area (Å²) in [5.41, 5.74) is 1.05. The second-order valence-electron chi connectivity index (χ2n) is 3.69. The van der Waals surface area contributed by atoms with Gasteiger partial charge >= 0.3 is 0 Å². The van der Waals surface area contributed by atoms with E-state index >= 15 is 0 Å². The molecular formula is C10H13IN2O. The van der Waals surface area contributed by atoms with Crippen molar-refractivity contribution in [1.29, 1.82) is 0 Å². The van der Waals surface area contributed by atoms with Crippen molar-refractivity contribution in [3.8, 4) is 5.75 Å². The maximum absolute atomic E-state index is 5.81. The molecule has 1 aliphatic rings. The predicted molar refractivity (Wildman–Crippen MR) is 64.9 cm³/mol. The zero-order valence-electron chi connectivity index (χ0n) is 8.33. The fraction of sp³-hybridized carbons (Fsp3) is 0.500. The van der Waals surface area contributed by atoms with Gasteiger partial charge in [-0.05, 0) is 35.4 Å². The van der Waals surface area contributed by atoms with Crippen molar-refractivity contribution in [3.05, 3.63) is 16.0 Å². The predicted octanol–water partition coefficient (Wildman–Crippen LogP) is 2.29. The van der Waals surface area contributed by atoms with Crippen molar-refractivity contribution in [3.63, 3.8) is 0 Å². The average molecular weight is 304 g/mol. The molecule has 0 amide bonds. The first-order chi connectivity index (χ1) is 6.66. The van der Waals surface area contributed by atoms with E-state index < -0.39 is 0 Å². The van der Waals surface area contributed by atoms with E-state index in [1.807, 2.05) is 31.3 Å². The molecule has 0 spiro atoms. The van der Waals surface area contributed by atoms with Gasteiger partial charge in [-0.3, -0.25) is 0 Å². The molecule has 1 aromatic heterocycles. The molecule has 14 heavy (non-hydrogen) atoms. The van der Waals surface area contributed by atoms with Gasteiger partial charge in [-0.15, -0.1) is 0 Å². The Morgan fingerprint density at radius 3 is 2.79 bits per heavy atom. The zero-order chi connectivity index (χ0) is 10.1. The number of rotatable bonds is 3. The maximum Gasteiger partial charge on any atom is 0.147 e. The molecule has 0 unspecified atom stereocenters. The summed E-state index contributed by atoms with van der Waals surface area (Å²) in [6, 6.07) is 1.99. The summed E-state index contributed by atoms with van der Waals surface area (Å²) in [6.45, 7) is 0. The number of hydrogen-bond donors (Lipinski definition) is 0. The van der Waals surface area contributed by atoms with Gasteiger partial charge in [0.2, 0.25) is 0 Å². The number of aromatic nitrogens is 1. The van der Waals surface area contributed by atoms with Crippen LogP contribution in [-0.2, 0) is 0 Å². The Morgan fingerprint density at radius 2 is 2.21 bits per heavy atom. The smallest absolute Gasteiger partial charge is 0.147 e. The third kappa shape index (κ3) is 2.29. The number of ether oxygens (including phenoxy) is 1. The fourth-order valence-corrected chi connectivity index (χ4v) is 1.62. The summed E-state index contributed by atoms with van der Waals surface area (Å²) in [5.74, 6) is 0.955. The molecule has 2 rings (SSSR count). The molecule has 0 aromatic carbocycles. The molecule has 1 aliphatic carbocycles. The largest absolute Gasteiger partial charge is 0.488 e. The molecule has 1 aromatic rings. The second-order valence-corrected chi connectivity index (χ2v) is 4.79. The van der Waals surface area contributed by atoms with Crippen LogP contribution in [0.15, 0.2) is 12.3 Å². The van der Waals surface area contributed by atoms with Crippen LogP contribution in [0.5, 0.6) is 5.75 Å². The Morgan fingerprint density at radius 1 is 1.50 bits per heavy atom. The fourth-order valence-electron chi connectivity index (χ4n) is 1.20. The topological polar surface area (TPSA) is 25.4 Å². The van der Waals surface area contributed by atoms with E-state index in [4.69, 9.17) is 4.74 Å². The molecule has 0 N–H and O–H groups in total. The van der Waals surface area contributed by atoms with Crippen molar-refractivity contribution in [2.45, 2.75) is 18.9 Å². The monoisotopic (exact) mass is 304 g/mol. The molecule has 0 aliphatic heterocycles. The van der Waals surface area contributed by atoms with Crippen LogP contribution in [0, 0.1) is 3.70 Å². The first kappa shape index (κ1) is 10.0. The summed E-state index contributed by atoms with van der Waals surface area (Å²) in [5, 5.41) is 0. The van der Waals surface area contributed by atoms with Gasteiger partial charge in [0, 0.05) is 20.2 Å². The molecule has 0 atom stereocenters. The SMILES string of the molecule is CN(C)c1cnc(I)cc1OC1CC1. The minimum absolute atomic E-state index is 0.437. The summed E-state index contributed by atoms with van der Waals surface area (Å²) in [4.78, 5) is 6.28. The van der Waals surface area contributed by atoms with E-state index in [-0.39, 0.29) is 0 Å². The highest BCUT2D eigenvalue weighted by Crippen LogP contribution is 2.33. The zero-order valence-corrected chi connectivity index (χ0v) is 10.5. The van der Waals surface area contributed by atoms with E-state index in [0.29, 0.717) is 6.10 Å². The molecule has 0 saturated heterocycles. The lowest BCUT2D eigenvalue weighted by atomic mass is 10.3. The lowest BCUT2D eigenvalue weighted by molar-refractivity contribution is 0.303. The Hall–Kier alpha value is -0.520. The van der Waals surface area contributed by atoms with Crippen molar-refractivity contribution in [2.24, 2.45) is 0 Å². The van der Waals surface area contributed by atoms with E-state index in [1.54, 1.807) is 0 Å². The van der Waals surface area contributed by atoms with Gasteiger partial charge in [0.05, 0.1) is 18.0 Å². The lowest BCUT2D eigenvalue weighted by Gasteiger charge is -2.17. The molecule has 0 radical (unpaired) electrons. The normalized spacial score (nSPS) is 15.4. The summed E-state index contributed by atoms with van der Waals surface area (Å²) in [6.07, 6.45) is 4.67. The Balaban J connectivity index is 2.27. The number of pyridine rings is 1. The van der Waals surface area contributed by atoms with Crippen molar-refractivity contribution in [1.82, 2.24) is 4.98 Å². The quantitative estimate of drug-likeness (QED) is 0.633. The van der Waals surface area contributed by atoms with E-state index in [1.165, 1.54) is 12.8 Å². The summed E-state index contributed by atoms with van der Waals surface area (Å²) in [7, 11) is 4.01. The van der Waals surface area contributed by atoms with Crippen LogP contribution in [0.2, 0.25) is 0 Å². The van der Waals surface area contributed by atoms with E-state index in [0.717, 1.165) is 15.1 Å². The van der Waals surface area contributed by atoms with E-state index in [9.17, 15) is 0 Å². The minimum atomic E-state index is 0.437. The first-order valence-corrected chi connectivity index (χ1v) is 5.74. The van der Waals surface area contributed by atoms with Crippen LogP contribution in [0.1, 0.15) is 12.8 Å². The van der Waals surface area contributed by atoms with Gasteiger partial charge in [-0.2, -0.15) is 0 Å². The van der Waals surface area contributed by atoms with Gasteiger partial charge in [0.15, 0.2) is 0 Å². The highest BCUT2D eigenvalue weighted by molar-refractivity contribution is 14.1. The Kier molecular flexibility index (Phi) is 2.80. The van der Waals surface area contributed by atoms with Crippen molar-refractivity contribution in [2.75, 3.05) is 19.0 Å².